The van der Waals surface area contributed by atoms with Crippen LogP contribution in [-0.2, 0) is 0 Å². The van der Waals surface area contributed by atoms with Gasteiger partial charge in [0.05, 0.1) is 27.8 Å². The van der Waals surface area contributed by atoms with E-state index in [4.69, 9.17) is 0 Å². The van der Waals surface area contributed by atoms with E-state index in [1.54, 1.807) is 0 Å². The Labute approximate surface area is 313 Å². The minimum Gasteiger partial charge on any atom is -0.309 e. The number of benzene rings is 9. The Hall–Kier alpha value is -7.16. The molecule has 0 spiro atoms. The Kier molecular flexibility index (Phi) is 6.90. The molecule has 0 saturated carbocycles. The molecule has 0 atom stereocenters. The number of hydrogen-bond acceptors (Lipinski definition) is 0. The van der Waals surface area contributed by atoms with Gasteiger partial charge in [-0.2, -0.15) is 0 Å². The van der Waals surface area contributed by atoms with E-state index < -0.39 is 0 Å². The quantitative estimate of drug-likeness (QED) is 0.171. The Bertz CT molecular complexity index is 3190. The highest BCUT2D eigenvalue weighted by atomic mass is 15.0. The zero-order chi connectivity index (χ0) is 35.6. The SMILES string of the molecule is c1ccc(-c2ccc(-n3c4ccc(-c5ccc6c(c5)c5ccccc5n6-c5ccccc5)cc4c4c(-c5ccccc5)cccc43)c3ccccc23)cc1. The molecule has 9 aromatic carbocycles. The standard InChI is InChI=1S/C52H34N2/c1-4-15-35(16-5-1)40-29-32-48(43-22-11-10-21-42(40)43)54-50-31-28-38(34-46(50)52-41(24-14-26-51(52)54)36-17-6-2-7-18-36)37-27-30-49-45(33-37)44-23-12-13-25-47(44)53(49)39-19-8-3-9-20-39/h1-34H. The molecule has 0 aliphatic rings. The van der Waals surface area contributed by atoms with Crippen LogP contribution in [0.15, 0.2) is 206 Å². The summed E-state index contributed by atoms with van der Waals surface area (Å²) in [7, 11) is 0. The van der Waals surface area contributed by atoms with E-state index in [0.29, 0.717) is 0 Å². The first-order valence-corrected chi connectivity index (χ1v) is 18.6. The molecule has 0 aliphatic heterocycles. The highest BCUT2D eigenvalue weighted by molar-refractivity contribution is 6.18. The Morgan fingerprint density at radius 1 is 0.259 bits per heavy atom. The monoisotopic (exact) mass is 686 g/mol. The maximum absolute atomic E-state index is 2.48. The molecule has 252 valence electrons. The summed E-state index contributed by atoms with van der Waals surface area (Å²) in [5.41, 5.74) is 14.5. The van der Waals surface area contributed by atoms with Crippen LogP contribution in [0.25, 0.3) is 99.1 Å². The summed E-state index contributed by atoms with van der Waals surface area (Å²) in [6, 6.07) is 75.2. The lowest BCUT2D eigenvalue weighted by Gasteiger charge is -2.15. The van der Waals surface area contributed by atoms with E-state index in [2.05, 4.69) is 215 Å². The highest BCUT2D eigenvalue weighted by Gasteiger charge is 2.20. The van der Waals surface area contributed by atoms with Crippen LogP contribution in [0.3, 0.4) is 0 Å². The van der Waals surface area contributed by atoms with Gasteiger partial charge in [-0.15, -0.1) is 0 Å². The topological polar surface area (TPSA) is 9.86 Å². The van der Waals surface area contributed by atoms with E-state index in [9.17, 15) is 0 Å². The molecule has 0 saturated heterocycles. The molecule has 2 aromatic heterocycles. The summed E-state index contributed by atoms with van der Waals surface area (Å²) in [4.78, 5) is 0. The normalized spacial score (nSPS) is 11.7. The van der Waals surface area contributed by atoms with Crippen molar-refractivity contribution in [2.75, 3.05) is 0 Å². The minimum atomic E-state index is 1.17. The van der Waals surface area contributed by atoms with Gasteiger partial charge in [0.15, 0.2) is 0 Å². The molecule has 0 aliphatic carbocycles. The average Bonchev–Trinajstić information content (AvgIpc) is 3.76. The third-order valence-corrected chi connectivity index (χ3v) is 11.1. The molecule has 2 heteroatoms. The van der Waals surface area contributed by atoms with Gasteiger partial charge in [0.2, 0.25) is 0 Å². The third kappa shape index (κ3) is 4.67. The highest BCUT2D eigenvalue weighted by Crippen LogP contribution is 2.43. The molecule has 0 amide bonds. The number of para-hydroxylation sites is 2. The molecule has 0 radical (unpaired) electrons. The first-order valence-electron chi connectivity index (χ1n) is 18.6. The van der Waals surface area contributed by atoms with Gasteiger partial charge in [-0.05, 0) is 93.4 Å². The van der Waals surface area contributed by atoms with Crippen LogP contribution < -0.4 is 0 Å². The van der Waals surface area contributed by atoms with E-state index >= 15 is 0 Å². The second-order valence-electron chi connectivity index (χ2n) is 14.1. The second-order valence-corrected chi connectivity index (χ2v) is 14.1. The van der Waals surface area contributed by atoms with E-state index in [1.807, 2.05) is 0 Å². The molecule has 2 heterocycles. The van der Waals surface area contributed by atoms with Crippen LogP contribution in [0.1, 0.15) is 0 Å². The zero-order valence-corrected chi connectivity index (χ0v) is 29.5. The largest absolute Gasteiger partial charge is 0.309 e. The number of hydrogen-bond donors (Lipinski definition) is 0. The molecule has 0 unspecified atom stereocenters. The van der Waals surface area contributed by atoms with Gasteiger partial charge in [-0.1, -0.05) is 152 Å². The van der Waals surface area contributed by atoms with Crippen molar-refractivity contribution in [2.45, 2.75) is 0 Å². The number of rotatable bonds is 5. The van der Waals surface area contributed by atoms with Crippen molar-refractivity contribution in [3.8, 4) is 44.8 Å². The summed E-state index contributed by atoms with van der Waals surface area (Å²) in [5.74, 6) is 0. The summed E-state index contributed by atoms with van der Waals surface area (Å²) < 4.78 is 4.86. The van der Waals surface area contributed by atoms with Crippen LogP contribution in [-0.4, -0.2) is 9.13 Å². The third-order valence-electron chi connectivity index (χ3n) is 11.1. The van der Waals surface area contributed by atoms with E-state index in [-0.39, 0.29) is 0 Å². The molecule has 2 nitrogen and oxygen atoms in total. The van der Waals surface area contributed by atoms with Crippen LogP contribution in [0.4, 0.5) is 0 Å². The fraction of sp³-hybridized carbons (Fsp3) is 0. The predicted octanol–water partition coefficient (Wildman–Crippen LogP) is 14.0. The lowest BCUT2D eigenvalue weighted by atomic mass is 9.97. The van der Waals surface area contributed by atoms with E-state index in [0.717, 1.165) is 0 Å². The lowest BCUT2D eigenvalue weighted by Crippen LogP contribution is -1.96. The first-order chi connectivity index (χ1) is 26.8. The van der Waals surface area contributed by atoms with Gasteiger partial charge in [0.25, 0.3) is 0 Å². The zero-order valence-electron chi connectivity index (χ0n) is 29.5. The molecular weight excluding hydrogens is 653 g/mol. The number of aromatic nitrogens is 2. The van der Waals surface area contributed by atoms with Crippen molar-refractivity contribution in [1.82, 2.24) is 9.13 Å². The van der Waals surface area contributed by atoms with Crippen molar-refractivity contribution in [3.63, 3.8) is 0 Å². The van der Waals surface area contributed by atoms with Gasteiger partial charge in [0, 0.05) is 32.6 Å². The van der Waals surface area contributed by atoms with Gasteiger partial charge >= 0.3 is 0 Å². The predicted molar refractivity (Wildman–Crippen MR) is 229 cm³/mol. The maximum Gasteiger partial charge on any atom is 0.0547 e. The summed E-state index contributed by atoms with van der Waals surface area (Å²) in [6.07, 6.45) is 0. The van der Waals surface area contributed by atoms with Crippen molar-refractivity contribution < 1.29 is 0 Å². The Morgan fingerprint density at radius 2 is 0.796 bits per heavy atom. The van der Waals surface area contributed by atoms with Gasteiger partial charge in [-0.25, -0.2) is 0 Å². The van der Waals surface area contributed by atoms with Crippen LogP contribution in [0.2, 0.25) is 0 Å². The van der Waals surface area contributed by atoms with Crippen LogP contribution >= 0.6 is 0 Å². The van der Waals surface area contributed by atoms with Crippen LogP contribution in [0.5, 0.6) is 0 Å². The number of fused-ring (bicyclic) bond motifs is 7. The Morgan fingerprint density at radius 3 is 1.52 bits per heavy atom. The molecule has 0 fully saturated rings. The van der Waals surface area contributed by atoms with E-state index in [1.165, 1.54) is 99.1 Å². The van der Waals surface area contributed by atoms with Gasteiger partial charge in [-0.3, -0.25) is 0 Å². The minimum absolute atomic E-state index is 1.17. The fourth-order valence-electron chi connectivity index (χ4n) is 8.72. The van der Waals surface area contributed by atoms with Crippen molar-refractivity contribution >= 4 is 54.4 Å². The van der Waals surface area contributed by atoms with Crippen molar-refractivity contribution in [1.29, 1.82) is 0 Å². The lowest BCUT2D eigenvalue weighted by molar-refractivity contribution is 1.18. The first kappa shape index (κ1) is 30.5. The second kappa shape index (κ2) is 12.2. The molecule has 11 rings (SSSR count). The van der Waals surface area contributed by atoms with Crippen molar-refractivity contribution in [3.05, 3.63) is 206 Å². The Balaban J connectivity index is 1.17. The molecule has 0 bridgehead atoms. The molecular formula is C52H34N2. The van der Waals surface area contributed by atoms with Gasteiger partial charge < -0.3 is 9.13 Å². The van der Waals surface area contributed by atoms with Crippen molar-refractivity contribution in [2.24, 2.45) is 0 Å². The maximum atomic E-state index is 2.48. The summed E-state index contributed by atoms with van der Waals surface area (Å²) in [5, 5.41) is 7.49. The summed E-state index contributed by atoms with van der Waals surface area (Å²) in [6.45, 7) is 0. The molecule has 11 aromatic rings. The number of nitrogens with zero attached hydrogens (tertiary/aromatic N) is 2. The van der Waals surface area contributed by atoms with Crippen LogP contribution in [0, 0.1) is 0 Å². The fourth-order valence-corrected chi connectivity index (χ4v) is 8.72. The molecule has 54 heavy (non-hydrogen) atoms. The average molecular weight is 687 g/mol. The smallest absolute Gasteiger partial charge is 0.0547 e. The molecule has 0 N–H and O–H groups in total. The van der Waals surface area contributed by atoms with Gasteiger partial charge in [0.1, 0.15) is 0 Å². The summed E-state index contributed by atoms with van der Waals surface area (Å²) >= 11 is 0.